The molecule has 1 aliphatic heterocycles. The minimum absolute atomic E-state index is 0.101. The van der Waals surface area contributed by atoms with Crippen LogP contribution >= 0.6 is 11.3 Å². The van der Waals surface area contributed by atoms with Crippen molar-refractivity contribution >= 4 is 33.3 Å². The van der Waals surface area contributed by atoms with E-state index in [-0.39, 0.29) is 11.9 Å². The number of carbonyl (C=O) groups is 2. The SMILES string of the molecule is Cc1c(C(=O)N(C)C2CCN(Cc3ccccc3)CC2)sc2ccc(C#N)cc12.O=C(O)C(F)(F)F. The standard InChI is InChI=1S/C24H25N3OS.C2HF3O2/c1-17-21-14-19(15-25)8-9-22(21)29-23(17)24(28)26(2)20-10-12-27(13-11-20)16-18-6-4-3-5-7-18;3-2(4,5)1(6)7/h3-9,14,20H,10-13,16H2,1-2H3;(H,6,7). The van der Waals surface area contributed by atoms with Gasteiger partial charge >= 0.3 is 12.1 Å². The minimum atomic E-state index is -5.08. The number of fused-ring (bicyclic) bond motifs is 1. The van der Waals surface area contributed by atoms with E-state index >= 15 is 0 Å². The van der Waals surface area contributed by atoms with Crippen LogP contribution in [-0.2, 0) is 11.3 Å². The normalized spacial score (nSPS) is 14.6. The van der Waals surface area contributed by atoms with E-state index in [1.807, 2.05) is 43.1 Å². The van der Waals surface area contributed by atoms with E-state index < -0.39 is 12.1 Å². The molecule has 2 heterocycles. The van der Waals surface area contributed by atoms with Gasteiger partial charge in [-0.2, -0.15) is 18.4 Å². The molecule has 190 valence electrons. The van der Waals surface area contributed by atoms with Crippen molar-refractivity contribution < 1.29 is 27.9 Å². The molecular formula is C26H26F3N3O3S. The van der Waals surface area contributed by atoms with Gasteiger partial charge in [0.05, 0.1) is 16.5 Å². The molecule has 0 bridgehead atoms. The number of nitrogens with zero attached hydrogens (tertiary/aromatic N) is 3. The third-order valence-corrected chi connectivity index (χ3v) is 7.44. The largest absolute Gasteiger partial charge is 0.490 e. The number of alkyl halides is 3. The Kier molecular flexibility index (Phi) is 8.71. The predicted octanol–water partition coefficient (Wildman–Crippen LogP) is 5.45. The maximum atomic E-state index is 13.2. The Morgan fingerprint density at radius 1 is 1.17 bits per heavy atom. The summed E-state index contributed by atoms with van der Waals surface area (Å²) < 4.78 is 32.8. The lowest BCUT2D eigenvalue weighted by atomic mass is 10.0. The Hall–Kier alpha value is -3.42. The number of benzene rings is 2. The van der Waals surface area contributed by atoms with Crippen molar-refractivity contribution in [1.82, 2.24) is 9.80 Å². The van der Waals surface area contributed by atoms with Gasteiger partial charge in [0.15, 0.2) is 0 Å². The molecule has 1 aliphatic rings. The molecule has 2 aromatic carbocycles. The molecule has 3 aromatic rings. The van der Waals surface area contributed by atoms with Crippen LogP contribution < -0.4 is 0 Å². The summed E-state index contributed by atoms with van der Waals surface area (Å²) in [4.78, 5) is 27.3. The number of likely N-dealkylation sites (tertiary alicyclic amines) is 1. The van der Waals surface area contributed by atoms with Crippen molar-refractivity contribution in [3.63, 3.8) is 0 Å². The fourth-order valence-corrected chi connectivity index (χ4v) is 5.30. The molecule has 1 amide bonds. The molecule has 0 unspecified atom stereocenters. The Labute approximate surface area is 211 Å². The average Bonchev–Trinajstić information content (AvgIpc) is 3.19. The van der Waals surface area contributed by atoms with Crippen molar-refractivity contribution in [3.05, 3.63) is 70.1 Å². The summed E-state index contributed by atoms with van der Waals surface area (Å²) in [5, 5.41) is 17.3. The summed E-state index contributed by atoms with van der Waals surface area (Å²) in [6, 6.07) is 18.7. The van der Waals surface area contributed by atoms with E-state index in [0.717, 1.165) is 53.0 Å². The smallest absolute Gasteiger partial charge is 0.475 e. The number of aliphatic carboxylic acids is 1. The number of hydrogen-bond acceptors (Lipinski definition) is 5. The van der Waals surface area contributed by atoms with Gasteiger partial charge in [0, 0.05) is 37.4 Å². The highest BCUT2D eigenvalue weighted by Crippen LogP contribution is 2.33. The highest BCUT2D eigenvalue weighted by atomic mass is 32.1. The van der Waals surface area contributed by atoms with Gasteiger partial charge in [0.2, 0.25) is 0 Å². The van der Waals surface area contributed by atoms with Crippen molar-refractivity contribution in [1.29, 1.82) is 5.26 Å². The fourth-order valence-electron chi connectivity index (χ4n) is 4.13. The number of amides is 1. The van der Waals surface area contributed by atoms with Gasteiger partial charge in [0.1, 0.15) is 0 Å². The van der Waals surface area contributed by atoms with Crippen LogP contribution in [0.2, 0.25) is 0 Å². The lowest BCUT2D eigenvalue weighted by molar-refractivity contribution is -0.192. The molecule has 0 saturated carbocycles. The Balaban J connectivity index is 0.000000454. The number of carboxylic acids is 1. The first-order chi connectivity index (χ1) is 17.0. The molecule has 36 heavy (non-hydrogen) atoms. The highest BCUT2D eigenvalue weighted by Gasteiger charge is 2.38. The number of thiophene rings is 1. The zero-order chi connectivity index (χ0) is 26.5. The van der Waals surface area contributed by atoms with E-state index in [2.05, 4.69) is 35.2 Å². The second-order valence-electron chi connectivity index (χ2n) is 8.59. The van der Waals surface area contributed by atoms with Gasteiger partial charge in [0.25, 0.3) is 5.91 Å². The van der Waals surface area contributed by atoms with Crippen LogP contribution in [0.1, 0.15) is 39.2 Å². The number of carbonyl (C=O) groups excluding carboxylic acids is 1. The third-order valence-electron chi connectivity index (χ3n) is 6.18. The maximum Gasteiger partial charge on any atom is 0.490 e. The molecule has 0 spiro atoms. The number of rotatable bonds is 4. The molecule has 0 radical (unpaired) electrons. The minimum Gasteiger partial charge on any atom is -0.475 e. The number of hydrogen-bond donors (Lipinski definition) is 1. The quantitative estimate of drug-likeness (QED) is 0.498. The van der Waals surface area contributed by atoms with Crippen molar-refractivity contribution in [2.75, 3.05) is 20.1 Å². The zero-order valence-corrected chi connectivity index (χ0v) is 20.7. The van der Waals surface area contributed by atoms with Crippen molar-refractivity contribution in [3.8, 4) is 6.07 Å². The van der Waals surface area contributed by atoms with E-state index in [9.17, 15) is 18.0 Å². The Morgan fingerprint density at radius 3 is 2.33 bits per heavy atom. The zero-order valence-electron chi connectivity index (χ0n) is 19.9. The first-order valence-electron chi connectivity index (χ1n) is 11.3. The van der Waals surface area contributed by atoms with Gasteiger partial charge in [-0.25, -0.2) is 4.79 Å². The van der Waals surface area contributed by atoms with Crippen LogP contribution in [0, 0.1) is 18.3 Å². The van der Waals surface area contributed by atoms with Crippen LogP contribution in [0.15, 0.2) is 48.5 Å². The molecule has 1 fully saturated rings. The monoisotopic (exact) mass is 517 g/mol. The lowest BCUT2D eigenvalue weighted by Gasteiger charge is -2.36. The van der Waals surface area contributed by atoms with Gasteiger partial charge in [-0.3, -0.25) is 9.69 Å². The lowest BCUT2D eigenvalue weighted by Crippen LogP contribution is -2.45. The van der Waals surface area contributed by atoms with E-state index in [4.69, 9.17) is 15.2 Å². The summed E-state index contributed by atoms with van der Waals surface area (Å²) in [6.45, 7) is 4.98. The summed E-state index contributed by atoms with van der Waals surface area (Å²) in [5.41, 5.74) is 2.96. The highest BCUT2D eigenvalue weighted by molar-refractivity contribution is 7.21. The molecular weight excluding hydrogens is 491 g/mol. The Bertz CT molecular complexity index is 1260. The average molecular weight is 518 g/mol. The van der Waals surface area contributed by atoms with Gasteiger partial charge in [-0.15, -0.1) is 11.3 Å². The topological polar surface area (TPSA) is 84.6 Å². The van der Waals surface area contributed by atoms with E-state index in [1.165, 1.54) is 16.9 Å². The summed E-state index contributed by atoms with van der Waals surface area (Å²) in [6.07, 6.45) is -3.09. The van der Waals surface area contributed by atoms with Crippen LogP contribution in [-0.4, -0.2) is 59.1 Å². The number of halogens is 3. The molecule has 0 aliphatic carbocycles. The van der Waals surface area contributed by atoms with Crippen LogP contribution in [0.4, 0.5) is 13.2 Å². The summed E-state index contributed by atoms with van der Waals surface area (Å²) in [7, 11) is 1.93. The molecule has 10 heteroatoms. The molecule has 1 aromatic heterocycles. The molecule has 6 nitrogen and oxygen atoms in total. The van der Waals surface area contributed by atoms with Gasteiger partial charge in [-0.05, 0) is 54.5 Å². The van der Waals surface area contributed by atoms with Crippen molar-refractivity contribution in [2.45, 2.75) is 38.5 Å². The number of piperidine rings is 1. The third kappa shape index (κ3) is 6.62. The predicted molar refractivity (Wildman–Crippen MR) is 132 cm³/mol. The van der Waals surface area contributed by atoms with E-state index in [0.29, 0.717) is 5.56 Å². The van der Waals surface area contributed by atoms with Gasteiger partial charge in [-0.1, -0.05) is 30.3 Å². The van der Waals surface area contributed by atoms with Crippen LogP contribution in [0.5, 0.6) is 0 Å². The second kappa shape index (κ2) is 11.5. The van der Waals surface area contributed by atoms with Crippen molar-refractivity contribution in [2.24, 2.45) is 0 Å². The number of aryl methyl sites for hydroxylation is 1. The molecule has 0 atom stereocenters. The molecule has 4 rings (SSSR count). The molecule has 1 saturated heterocycles. The first kappa shape index (κ1) is 27.2. The molecule has 1 N–H and O–H groups in total. The van der Waals surface area contributed by atoms with E-state index in [1.54, 1.807) is 0 Å². The van der Waals surface area contributed by atoms with Crippen LogP contribution in [0.25, 0.3) is 10.1 Å². The van der Waals surface area contributed by atoms with Gasteiger partial charge < -0.3 is 10.0 Å². The Morgan fingerprint density at radius 2 is 1.78 bits per heavy atom. The summed E-state index contributed by atoms with van der Waals surface area (Å²) in [5.74, 6) is -2.66. The second-order valence-corrected chi connectivity index (χ2v) is 9.64. The number of carboxylic acid groups (broad SMARTS) is 1. The maximum absolute atomic E-state index is 13.2. The van der Waals surface area contributed by atoms with Crippen LogP contribution in [0.3, 0.4) is 0 Å². The first-order valence-corrected chi connectivity index (χ1v) is 12.1. The summed E-state index contributed by atoms with van der Waals surface area (Å²) >= 11 is 1.53. The number of nitriles is 1. The fraction of sp³-hybridized carbons (Fsp3) is 0.346.